The van der Waals surface area contributed by atoms with Crippen molar-refractivity contribution in [3.8, 4) is 27.7 Å². The number of aromatic nitrogens is 2. The lowest BCUT2D eigenvalue weighted by molar-refractivity contribution is -0.142. The van der Waals surface area contributed by atoms with E-state index in [0.717, 1.165) is 102 Å². The fourth-order valence-electron chi connectivity index (χ4n) is 11.1. The monoisotopic (exact) mass is 1080 g/mol. The molecule has 4 aliphatic rings. The summed E-state index contributed by atoms with van der Waals surface area (Å²) in [5, 5.41) is 24.0. The molecule has 10 rings (SSSR count). The number of amides is 4. The first-order valence-corrected chi connectivity index (χ1v) is 28.0. The van der Waals surface area contributed by atoms with E-state index in [-0.39, 0.29) is 30.8 Å². The van der Waals surface area contributed by atoms with Crippen LogP contribution in [0.25, 0.3) is 21.3 Å². The molecule has 0 unspecified atom stereocenters. The van der Waals surface area contributed by atoms with Crippen molar-refractivity contribution in [2.75, 3.05) is 61.9 Å². The van der Waals surface area contributed by atoms with Crippen LogP contribution in [0.5, 0.6) is 17.2 Å². The summed E-state index contributed by atoms with van der Waals surface area (Å²) in [5.41, 5.74) is 5.97. The van der Waals surface area contributed by atoms with Gasteiger partial charge in [-0.15, -0.1) is 11.3 Å². The number of pyridine rings is 1. The number of methoxy groups -OCH3 is 1. The van der Waals surface area contributed by atoms with Gasteiger partial charge in [0.2, 0.25) is 23.6 Å². The number of rotatable bonds is 17. The summed E-state index contributed by atoms with van der Waals surface area (Å²) in [7, 11) is 1.68. The van der Waals surface area contributed by atoms with Crippen molar-refractivity contribution in [2.45, 2.75) is 103 Å². The zero-order valence-corrected chi connectivity index (χ0v) is 45.8. The summed E-state index contributed by atoms with van der Waals surface area (Å²) >= 11 is 1.60. The molecule has 410 valence electrons. The van der Waals surface area contributed by atoms with Gasteiger partial charge in [0.05, 0.1) is 46.5 Å². The van der Waals surface area contributed by atoms with Crippen LogP contribution in [0.1, 0.15) is 77.0 Å². The molecule has 6 aromatic rings. The van der Waals surface area contributed by atoms with Crippen molar-refractivity contribution in [3.05, 3.63) is 120 Å². The van der Waals surface area contributed by atoms with Crippen LogP contribution in [0.15, 0.2) is 103 Å². The number of β-amino-alcohol motifs (C(OH)–C–C–N with tert-alkyl or cyclic N) is 1. The summed E-state index contributed by atoms with van der Waals surface area (Å²) in [4.78, 5) is 71.2. The van der Waals surface area contributed by atoms with Crippen molar-refractivity contribution in [1.29, 1.82) is 0 Å². The number of ether oxygens (including phenoxy) is 2. The third-order valence-corrected chi connectivity index (χ3v) is 16.9. The largest absolute Gasteiger partial charge is 0.495 e. The number of aliphatic hydroxyl groups excluding tert-OH is 1. The number of hydrogen-bond acceptors (Lipinski definition) is 13. The van der Waals surface area contributed by atoms with Crippen LogP contribution in [-0.4, -0.2) is 119 Å². The molecule has 5 N–H and O–H groups in total. The number of benzene rings is 4. The highest BCUT2D eigenvalue weighted by molar-refractivity contribution is 7.13. The van der Waals surface area contributed by atoms with Crippen molar-refractivity contribution in [1.82, 2.24) is 30.4 Å². The van der Waals surface area contributed by atoms with Gasteiger partial charge in [-0.2, -0.15) is 0 Å². The zero-order chi connectivity index (χ0) is 54.7. The van der Waals surface area contributed by atoms with E-state index < -0.39 is 46.6 Å². The molecule has 0 bridgehead atoms. The van der Waals surface area contributed by atoms with Crippen LogP contribution in [0.3, 0.4) is 0 Å². The van der Waals surface area contributed by atoms with Gasteiger partial charge < -0.3 is 50.5 Å². The van der Waals surface area contributed by atoms with Gasteiger partial charge in [0.25, 0.3) is 0 Å². The van der Waals surface area contributed by atoms with Crippen LogP contribution in [-0.2, 0) is 25.7 Å². The van der Waals surface area contributed by atoms with Crippen LogP contribution >= 0.6 is 11.3 Å². The fraction of sp³-hybridized carbons (Fsp3) is 0.433. The maximum Gasteiger partial charge on any atom is 0.243 e. The van der Waals surface area contributed by atoms with Crippen molar-refractivity contribution < 1.29 is 38.1 Å². The highest BCUT2D eigenvalue weighted by Crippen LogP contribution is 2.48. The Morgan fingerprint density at radius 1 is 0.846 bits per heavy atom. The molecule has 3 atom stereocenters. The summed E-state index contributed by atoms with van der Waals surface area (Å²) < 4.78 is 25.7. The number of carbonyl (C=O) groups excluding carboxylic acids is 4. The van der Waals surface area contributed by atoms with E-state index in [1.165, 1.54) is 24.3 Å². The lowest BCUT2D eigenvalue weighted by Gasteiger charge is -2.41. The number of aryl methyl sites for hydroxylation is 1. The number of fused-ring (bicyclic) bond motifs is 1. The standard InChI is InChI=1S/C60H70FN9O7S/c1-37-53(78-36-64-37)40-8-6-38(7-9-40)33-63-55(72)50-30-45(71)35-70(50)56(73)54(59(2,3)4)65-44-21-26-68(27-22-44)34-39-19-28-69(29-20-39)49-32-48-47(31-52(49)76-5)51(18-25-62-48)77-46-16-14-43(15-17-46)67-58(75)60(23-24-60)57(74)66-42-12-10-41(61)11-13-42/h6-18,25,31-32,36,39,44-45,50,54,65,71H,19-24,26-30,33-35H2,1-5H3,(H,63,72)(H,66,74)(H,67,75)/t45-,50+,54-/m1/s1. The molecule has 0 spiro atoms. The molecular formula is C60H70FN9O7S. The summed E-state index contributed by atoms with van der Waals surface area (Å²) in [6.07, 6.45) is 5.90. The molecule has 4 aromatic carbocycles. The summed E-state index contributed by atoms with van der Waals surface area (Å²) in [6, 6.07) is 25.2. The van der Waals surface area contributed by atoms with Gasteiger partial charge in [0.1, 0.15) is 34.5 Å². The lowest BCUT2D eigenvalue weighted by atomic mass is 9.84. The molecule has 3 saturated heterocycles. The predicted octanol–water partition coefficient (Wildman–Crippen LogP) is 8.93. The summed E-state index contributed by atoms with van der Waals surface area (Å²) in [5.74, 6) is 0.807. The molecule has 4 amide bonds. The predicted molar refractivity (Wildman–Crippen MR) is 301 cm³/mol. The number of nitrogens with one attached hydrogen (secondary N) is 4. The number of nitrogens with zero attached hydrogens (tertiary/aromatic N) is 5. The first kappa shape index (κ1) is 54.4. The normalized spacial score (nSPS) is 19.3. The van der Waals surface area contributed by atoms with Crippen LogP contribution in [0.2, 0.25) is 0 Å². The number of halogens is 1. The molecular weight excluding hydrogens is 1010 g/mol. The number of thiazole rings is 1. The second-order valence-corrected chi connectivity index (χ2v) is 23.4. The quantitative estimate of drug-likeness (QED) is 0.0546. The molecule has 1 saturated carbocycles. The molecule has 78 heavy (non-hydrogen) atoms. The molecule has 2 aromatic heterocycles. The highest BCUT2D eigenvalue weighted by atomic mass is 32.1. The van der Waals surface area contributed by atoms with Crippen molar-refractivity contribution in [2.24, 2.45) is 16.7 Å². The van der Waals surface area contributed by atoms with E-state index in [9.17, 15) is 28.7 Å². The Balaban J connectivity index is 0.688. The highest BCUT2D eigenvalue weighted by Gasteiger charge is 2.56. The van der Waals surface area contributed by atoms with Gasteiger partial charge in [0.15, 0.2) is 0 Å². The van der Waals surface area contributed by atoms with Gasteiger partial charge >= 0.3 is 0 Å². The first-order chi connectivity index (χ1) is 37.5. The molecule has 0 radical (unpaired) electrons. The maximum atomic E-state index is 14.4. The smallest absolute Gasteiger partial charge is 0.243 e. The third kappa shape index (κ3) is 12.3. The van der Waals surface area contributed by atoms with E-state index in [4.69, 9.17) is 14.5 Å². The van der Waals surface area contributed by atoms with E-state index in [1.807, 2.05) is 48.8 Å². The Kier molecular flexibility index (Phi) is 16.1. The number of anilines is 3. The molecule has 16 nitrogen and oxygen atoms in total. The van der Waals surface area contributed by atoms with Gasteiger partial charge in [-0.25, -0.2) is 9.37 Å². The molecule has 3 aliphatic heterocycles. The zero-order valence-electron chi connectivity index (χ0n) is 45.0. The van der Waals surface area contributed by atoms with Crippen molar-refractivity contribution >= 4 is 62.9 Å². The Morgan fingerprint density at radius 3 is 2.13 bits per heavy atom. The lowest BCUT2D eigenvalue weighted by Crippen LogP contribution is -2.59. The topological polar surface area (TPSA) is 191 Å². The SMILES string of the molecule is COc1cc2c(Oc3ccc(NC(=O)C4(C(=O)Nc5ccc(F)cc5)CC4)cc3)ccnc2cc1N1CCC(CN2CCC(N[C@H](C(=O)N3C[C@H](O)C[C@H]3C(=O)NCc3ccc(-c4scnc4C)cc3)C(C)(C)C)CC2)CC1. The van der Waals surface area contributed by atoms with E-state index in [1.54, 1.807) is 53.8 Å². The first-order valence-electron chi connectivity index (χ1n) is 27.2. The average Bonchev–Trinajstić information content (AvgIpc) is 4.15. The number of hydrogen-bond donors (Lipinski definition) is 5. The third-order valence-electron chi connectivity index (χ3n) is 15.9. The molecule has 5 heterocycles. The number of piperidine rings is 2. The minimum Gasteiger partial charge on any atom is -0.495 e. The van der Waals surface area contributed by atoms with Gasteiger partial charge in [-0.05, 0) is 148 Å². The Morgan fingerprint density at radius 2 is 1.51 bits per heavy atom. The number of aliphatic hydroxyl groups is 1. The fourth-order valence-corrected chi connectivity index (χ4v) is 12.0. The number of carbonyl (C=O) groups is 4. The van der Waals surface area contributed by atoms with Gasteiger partial charge in [-0.1, -0.05) is 45.0 Å². The average molecular weight is 1080 g/mol. The Labute approximate surface area is 459 Å². The minimum atomic E-state index is -1.18. The maximum absolute atomic E-state index is 14.4. The van der Waals surface area contributed by atoms with Gasteiger partial charge in [0, 0.05) is 68.1 Å². The molecule has 1 aliphatic carbocycles. The second-order valence-electron chi connectivity index (χ2n) is 22.5. The van der Waals surface area contributed by atoms with Crippen LogP contribution in [0.4, 0.5) is 21.5 Å². The van der Waals surface area contributed by atoms with Crippen molar-refractivity contribution in [3.63, 3.8) is 0 Å². The van der Waals surface area contributed by atoms with Crippen LogP contribution < -0.4 is 35.6 Å². The van der Waals surface area contributed by atoms with Crippen LogP contribution in [0, 0.1) is 29.5 Å². The van der Waals surface area contributed by atoms with E-state index in [2.05, 4.69) is 62.9 Å². The van der Waals surface area contributed by atoms with E-state index >= 15 is 0 Å². The van der Waals surface area contributed by atoms with Gasteiger partial charge in [-0.3, -0.25) is 24.2 Å². The Bertz CT molecular complexity index is 3110. The minimum absolute atomic E-state index is 0.129. The Hall–Kier alpha value is -6.99. The molecule has 18 heteroatoms. The molecule has 4 fully saturated rings. The number of likely N-dealkylation sites (tertiary alicyclic amines) is 2. The summed E-state index contributed by atoms with van der Waals surface area (Å²) in [6.45, 7) is 13.3. The second kappa shape index (κ2) is 23.1. The van der Waals surface area contributed by atoms with E-state index in [0.29, 0.717) is 48.2 Å².